The number of carbonyl (C=O) groups excluding carboxylic acids is 1. The number of rotatable bonds is 6. The molecule has 0 aromatic heterocycles. The summed E-state index contributed by atoms with van der Waals surface area (Å²) < 4.78 is 0. The van der Waals surface area contributed by atoms with Gasteiger partial charge in [0.2, 0.25) is 5.91 Å². The minimum absolute atomic E-state index is 0.198. The molecule has 1 amide bonds. The molecule has 0 radical (unpaired) electrons. The molecule has 1 aliphatic heterocycles. The Bertz CT molecular complexity index is 487. The van der Waals surface area contributed by atoms with Crippen LogP contribution in [0.5, 0.6) is 0 Å². The lowest BCUT2D eigenvalue weighted by atomic mass is 9.95. The highest BCUT2D eigenvalue weighted by molar-refractivity contribution is 5.79. The van der Waals surface area contributed by atoms with Crippen LogP contribution < -0.4 is 5.32 Å². The third-order valence-corrected chi connectivity index (χ3v) is 5.01. The molecule has 1 aromatic rings. The Labute approximate surface area is 141 Å². The molecule has 128 valence electrons. The summed E-state index contributed by atoms with van der Waals surface area (Å²) in [5.74, 6) is 1.03. The number of carbonyl (C=O) groups is 1. The van der Waals surface area contributed by atoms with E-state index in [0.717, 1.165) is 38.9 Å². The molecule has 0 aliphatic carbocycles. The van der Waals surface area contributed by atoms with E-state index < -0.39 is 0 Å². The maximum absolute atomic E-state index is 12.2. The molecule has 1 fully saturated rings. The molecule has 1 aromatic carbocycles. The molecule has 1 saturated heterocycles. The normalized spacial score (nSPS) is 18.1. The average Bonchev–Trinajstić information content (AvgIpc) is 2.55. The molecule has 3 heteroatoms. The van der Waals surface area contributed by atoms with Gasteiger partial charge in [0.1, 0.15) is 0 Å². The lowest BCUT2D eigenvalue weighted by Gasteiger charge is -2.31. The smallest absolute Gasteiger partial charge is 0.223 e. The minimum Gasteiger partial charge on any atom is -0.353 e. The second kappa shape index (κ2) is 8.49. The summed E-state index contributed by atoms with van der Waals surface area (Å²) in [6, 6.07) is 9.27. The number of likely N-dealkylation sites (tertiary alicyclic amines) is 1. The fourth-order valence-corrected chi connectivity index (χ4v) is 3.08. The fraction of sp³-hybridized carbons (Fsp3) is 0.650. The molecule has 1 heterocycles. The van der Waals surface area contributed by atoms with Gasteiger partial charge in [-0.3, -0.25) is 9.69 Å². The summed E-state index contributed by atoms with van der Waals surface area (Å²) in [4.78, 5) is 14.7. The SMILES string of the molecule is CC[C@@H](C)NC(=O)C1CCN(Cc2ccc(C(C)C)cc2)CC1. The zero-order valence-electron chi connectivity index (χ0n) is 15.1. The summed E-state index contributed by atoms with van der Waals surface area (Å²) in [5, 5.41) is 3.12. The second-order valence-electron chi connectivity index (χ2n) is 7.26. The Morgan fingerprint density at radius 3 is 2.30 bits per heavy atom. The van der Waals surface area contributed by atoms with Crippen molar-refractivity contribution in [3.63, 3.8) is 0 Å². The van der Waals surface area contributed by atoms with Crippen molar-refractivity contribution >= 4 is 5.91 Å². The summed E-state index contributed by atoms with van der Waals surface area (Å²) in [6.07, 6.45) is 2.95. The summed E-state index contributed by atoms with van der Waals surface area (Å²) in [7, 11) is 0. The Morgan fingerprint density at radius 1 is 1.17 bits per heavy atom. The molecule has 0 saturated carbocycles. The minimum atomic E-state index is 0.198. The van der Waals surface area contributed by atoms with Gasteiger partial charge in [-0.1, -0.05) is 45.0 Å². The third-order valence-electron chi connectivity index (χ3n) is 5.01. The molecule has 1 N–H and O–H groups in total. The standard InChI is InChI=1S/C20H32N2O/c1-5-16(4)21-20(23)19-10-12-22(13-11-19)14-17-6-8-18(9-7-17)15(2)3/h6-9,15-16,19H,5,10-14H2,1-4H3,(H,21,23)/t16-/m1/s1. The number of nitrogens with one attached hydrogen (secondary N) is 1. The molecule has 0 spiro atoms. The van der Waals surface area contributed by atoms with Crippen LogP contribution in [0.15, 0.2) is 24.3 Å². The van der Waals surface area contributed by atoms with E-state index in [1.807, 2.05) is 0 Å². The van der Waals surface area contributed by atoms with Gasteiger partial charge in [0, 0.05) is 18.5 Å². The molecular formula is C20H32N2O. The monoisotopic (exact) mass is 316 g/mol. The number of benzene rings is 1. The highest BCUT2D eigenvalue weighted by atomic mass is 16.1. The number of piperidine rings is 1. The number of nitrogens with zero attached hydrogens (tertiary/aromatic N) is 1. The predicted octanol–water partition coefficient (Wildman–Crippen LogP) is 3.94. The molecule has 1 atom stereocenters. The highest BCUT2D eigenvalue weighted by Gasteiger charge is 2.25. The van der Waals surface area contributed by atoms with Crippen LogP contribution in [0.3, 0.4) is 0 Å². The topological polar surface area (TPSA) is 32.3 Å². The van der Waals surface area contributed by atoms with Gasteiger partial charge in [-0.25, -0.2) is 0 Å². The first-order chi connectivity index (χ1) is 11.0. The van der Waals surface area contributed by atoms with E-state index in [2.05, 4.69) is 62.2 Å². The largest absolute Gasteiger partial charge is 0.353 e. The molecule has 3 nitrogen and oxygen atoms in total. The van der Waals surface area contributed by atoms with Crippen molar-refractivity contribution in [2.24, 2.45) is 5.92 Å². The van der Waals surface area contributed by atoms with E-state index in [-0.39, 0.29) is 11.8 Å². The lowest BCUT2D eigenvalue weighted by Crippen LogP contribution is -2.42. The molecule has 2 rings (SSSR count). The van der Waals surface area contributed by atoms with Gasteiger partial charge in [0.25, 0.3) is 0 Å². The van der Waals surface area contributed by atoms with Gasteiger partial charge < -0.3 is 5.32 Å². The summed E-state index contributed by atoms with van der Waals surface area (Å²) in [6.45, 7) is 11.7. The van der Waals surface area contributed by atoms with Crippen LogP contribution in [-0.2, 0) is 11.3 Å². The van der Waals surface area contributed by atoms with Crippen molar-refractivity contribution in [2.75, 3.05) is 13.1 Å². The van der Waals surface area contributed by atoms with E-state index in [1.165, 1.54) is 11.1 Å². The van der Waals surface area contributed by atoms with Crippen molar-refractivity contribution < 1.29 is 4.79 Å². The highest BCUT2D eigenvalue weighted by Crippen LogP contribution is 2.21. The summed E-state index contributed by atoms with van der Waals surface area (Å²) in [5.41, 5.74) is 2.77. The lowest BCUT2D eigenvalue weighted by molar-refractivity contribution is -0.127. The van der Waals surface area contributed by atoms with Crippen LogP contribution in [0.1, 0.15) is 64.0 Å². The molecular weight excluding hydrogens is 284 g/mol. The zero-order valence-corrected chi connectivity index (χ0v) is 15.1. The van der Waals surface area contributed by atoms with Crippen LogP contribution in [-0.4, -0.2) is 29.9 Å². The first-order valence-corrected chi connectivity index (χ1v) is 9.11. The van der Waals surface area contributed by atoms with E-state index >= 15 is 0 Å². The van der Waals surface area contributed by atoms with Crippen molar-refractivity contribution in [3.8, 4) is 0 Å². The molecule has 23 heavy (non-hydrogen) atoms. The Morgan fingerprint density at radius 2 is 1.78 bits per heavy atom. The second-order valence-corrected chi connectivity index (χ2v) is 7.26. The van der Waals surface area contributed by atoms with Crippen LogP contribution >= 0.6 is 0 Å². The fourth-order valence-electron chi connectivity index (χ4n) is 3.08. The van der Waals surface area contributed by atoms with E-state index in [1.54, 1.807) is 0 Å². The van der Waals surface area contributed by atoms with Gasteiger partial charge >= 0.3 is 0 Å². The number of hydrogen-bond acceptors (Lipinski definition) is 2. The third kappa shape index (κ3) is 5.35. The van der Waals surface area contributed by atoms with Crippen molar-refractivity contribution in [1.82, 2.24) is 10.2 Å². The Kier molecular flexibility index (Phi) is 6.64. The van der Waals surface area contributed by atoms with E-state index in [9.17, 15) is 4.79 Å². The first kappa shape index (κ1) is 18.0. The molecule has 0 bridgehead atoms. The maximum Gasteiger partial charge on any atom is 0.223 e. The van der Waals surface area contributed by atoms with Gasteiger partial charge in [0.15, 0.2) is 0 Å². The molecule has 1 aliphatic rings. The first-order valence-electron chi connectivity index (χ1n) is 9.11. The average molecular weight is 316 g/mol. The predicted molar refractivity (Wildman–Crippen MR) is 96.4 cm³/mol. The van der Waals surface area contributed by atoms with Crippen molar-refractivity contribution in [2.45, 2.75) is 65.5 Å². The Hall–Kier alpha value is -1.35. The quantitative estimate of drug-likeness (QED) is 0.862. The summed E-state index contributed by atoms with van der Waals surface area (Å²) >= 11 is 0. The number of hydrogen-bond donors (Lipinski definition) is 1. The van der Waals surface area contributed by atoms with Gasteiger partial charge in [-0.2, -0.15) is 0 Å². The van der Waals surface area contributed by atoms with E-state index in [0.29, 0.717) is 12.0 Å². The van der Waals surface area contributed by atoms with Crippen LogP contribution in [0.2, 0.25) is 0 Å². The van der Waals surface area contributed by atoms with Crippen molar-refractivity contribution in [1.29, 1.82) is 0 Å². The van der Waals surface area contributed by atoms with Crippen LogP contribution in [0.25, 0.3) is 0 Å². The number of amides is 1. The van der Waals surface area contributed by atoms with Crippen molar-refractivity contribution in [3.05, 3.63) is 35.4 Å². The van der Waals surface area contributed by atoms with Gasteiger partial charge in [-0.05, 0) is 56.3 Å². The van der Waals surface area contributed by atoms with Gasteiger partial charge in [-0.15, -0.1) is 0 Å². The van der Waals surface area contributed by atoms with E-state index in [4.69, 9.17) is 0 Å². The van der Waals surface area contributed by atoms with Crippen LogP contribution in [0, 0.1) is 5.92 Å². The Balaban J connectivity index is 1.79. The van der Waals surface area contributed by atoms with Gasteiger partial charge in [0.05, 0.1) is 0 Å². The maximum atomic E-state index is 12.2. The molecule has 0 unspecified atom stereocenters. The zero-order chi connectivity index (χ0) is 16.8. The van der Waals surface area contributed by atoms with Crippen LogP contribution in [0.4, 0.5) is 0 Å².